The van der Waals surface area contributed by atoms with Gasteiger partial charge in [-0.2, -0.15) is 0 Å². The second-order valence-electron chi connectivity index (χ2n) is 3.26. The van der Waals surface area contributed by atoms with E-state index in [2.05, 4.69) is 0 Å². The van der Waals surface area contributed by atoms with Crippen LogP contribution in [0.5, 0.6) is 0 Å². The van der Waals surface area contributed by atoms with Crippen molar-refractivity contribution in [1.29, 1.82) is 0 Å². The largest absolute Gasteiger partial charge is 0.478 e. The molecule has 4 nitrogen and oxygen atoms in total. The number of benzene rings is 1. The number of hydrogen-bond donors (Lipinski definition) is 1. The quantitative estimate of drug-likeness (QED) is 0.879. The van der Waals surface area contributed by atoms with Crippen LogP contribution in [-0.2, 0) is 9.84 Å². The van der Waals surface area contributed by atoms with Crippen molar-refractivity contribution >= 4 is 15.8 Å². The van der Waals surface area contributed by atoms with Crippen molar-refractivity contribution in [2.75, 3.05) is 5.75 Å². The maximum Gasteiger partial charge on any atom is 0.336 e. The summed E-state index contributed by atoms with van der Waals surface area (Å²) in [4.78, 5) is 10.2. The van der Waals surface area contributed by atoms with Crippen LogP contribution in [0.15, 0.2) is 17.0 Å². The summed E-state index contributed by atoms with van der Waals surface area (Å²) in [7, 11) is -3.66. The molecule has 88 valence electrons. The fraction of sp³-hybridized carbons (Fsp3) is 0.300. The van der Waals surface area contributed by atoms with Crippen molar-refractivity contribution in [3.63, 3.8) is 0 Å². The van der Waals surface area contributed by atoms with E-state index in [1.54, 1.807) is 0 Å². The highest BCUT2D eigenvalue weighted by Gasteiger charge is 2.21. The van der Waals surface area contributed by atoms with E-state index in [0.717, 1.165) is 12.1 Å². The Morgan fingerprint density at radius 2 is 2.00 bits per heavy atom. The lowest BCUT2D eigenvalue weighted by atomic mass is 10.1. The summed E-state index contributed by atoms with van der Waals surface area (Å²) in [6.07, 6.45) is 0. The van der Waals surface area contributed by atoms with Crippen LogP contribution in [0.1, 0.15) is 22.8 Å². The summed E-state index contributed by atoms with van der Waals surface area (Å²) in [5.74, 6) is -2.49. The Hall–Kier alpha value is -1.43. The summed E-state index contributed by atoms with van der Waals surface area (Å²) in [6, 6.07) is 2.09. The summed E-state index contributed by atoms with van der Waals surface area (Å²) in [6.45, 7) is 2.64. The monoisotopic (exact) mass is 246 g/mol. The van der Waals surface area contributed by atoms with Crippen LogP contribution >= 0.6 is 0 Å². The van der Waals surface area contributed by atoms with Crippen LogP contribution < -0.4 is 0 Å². The fourth-order valence-electron chi connectivity index (χ4n) is 1.29. The van der Waals surface area contributed by atoms with E-state index in [1.165, 1.54) is 13.8 Å². The van der Waals surface area contributed by atoms with Crippen molar-refractivity contribution in [1.82, 2.24) is 0 Å². The van der Waals surface area contributed by atoms with Crippen LogP contribution in [0, 0.1) is 12.7 Å². The Bertz CT molecular complexity index is 534. The molecule has 0 bridgehead atoms. The fourth-order valence-corrected chi connectivity index (χ4v) is 2.30. The van der Waals surface area contributed by atoms with Gasteiger partial charge >= 0.3 is 5.97 Å². The third kappa shape index (κ3) is 2.06. The van der Waals surface area contributed by atoms with Crippen molar-refractivity contribution in [2.24, 2.45) is 0 Å². The van der Waals surface area contributed by atoms with Gasteiger partial charge in [-0.15, -0.1) is 0 Å². The van der Waals surface area contributed by atoms with Gasteiger partial charge in [-0.25, -0.2) is 17.6 Å². The normalized spacial score (nSPS) is 11.4. The number of carbonyl (C=O) groups is 1. The van der Waals surface area contributed by atoms with E-state index < -0.39 is 26.5 Å². The SMILES string of the molecule is CCS(=O)(=O)c1ccc(C(=O)O)c(C)c1F. The van der Waals surface area contributed by atoms with E-state index in [9.17, 15) is 17.6 Å². The molecule has 0 spiro atoms. The molecule has 0 fully saturated rings. The molecule has 0 aliphatic rings. The molecule has 0 aromatic heterocycles. The molecule has 0 saturated heterocycles. The van der Waals surface area contributed by atoms with E-state index in [0.29, 0.717) is 0 Å². The Kier molecular flexibility index (Phi) is 3.32. The van der Waals surface area contributed by atoms with Gasteiger partial charge in [0.2, 0.25) is 0 Å². The molecule has 0 atom stereocenters. The van der Waals surface area contributed by atoms with Crippen molar-refractivity contribution in [3.05, 3.63) is 29.1 Å². The molecule has 0 unspecified atom stereocenters. The highest BCUT2D eigenvalue weighted by Crippen LogP contribution is 2.22. The third-order valence-corrected chi connectivity index (χ3v) is 4.04. The zero-order valence-electron chi connectivity index (χ0n) is 8.82. The average Bonchev–Trinajstić information content (AvgIpc) is 2.21. The van der Waals surface area contributed by atoms with Gasteiger partial charge < -0.3 is 5.11 Å². The molecule has 1 N–H and O–H groups in total. The number of halogens is 1. The number of carboxylic acids is 1. The first-order valence-electron chi connectivity index (χ1n) is 4.56. The molecule has 1 rings (SSSR count). The predicted molar refractivity (Wildman–Crippen MR) is 55.8 cm³/mol. The smallest absolute Gasteiger partial charge is 0.336 e. The van der Waals surface area contributed by atoms with Gasteiger partial charge in [0, 0.05) is 5.56 Å². The van der Waals surface area contributed by atoms with Gasteiger partial charge in [0.1, 0.15) is 10.7 Å². The summed E-state index contributed by atoms with van der Waals surface area (Å²) in [5, 5.41) is 8.72. The third-order valence-electron chi connectivity index (χ3n) is 2.30. The minimum absolute atomic E-state index is 0.165. The highest BCUT2D eigenvalue weighted by molar-refractivity contribution is 7.91. The second-order valence-corrected chi connectivity index (χ2v) is 5.51. The number of rotatable bonds is 3. The van der Waals surface area contributed by atoms with Gasteiger partial charge in [0.15, 0.2) is 9.84 Å². The molecule has 0 heterocycles. The summed E-state index contributed by atoms with van der Waals surface area (Å²) in [5.41, 5.74) is -0.394. The zero-order valence-corrected chi connectivity index (χ0v) is 9.64. The lowest BCUT2D eigenvalue weighted by molar-refractivity contribution is 0.0695. The number of aromatic carboxylic acids is 1. The van der Waals surface area contributed by atoms with Crippen LogP contribution in [0.25, 0.3) is 0 Å². The van der Waals surface area contributed by atoms with Crippen LogP contribution in [0.2, 0.25) is 0 Å². The molecule has 0 aliphatic heterocycles. The zero-order chi connectivity index (χ0) is 12.5. The Balaban J connectivity index is 3.51. The molecule has 16 heavy (non-hydrogen) atoms. The summed E-state index contributed by atoms with van der Waals surface area (Å²) >= 11 is 0. The lowest BCUT2D eigenvalue weighted by Crippen LogP contribution is -2.10. The number of sulfone groups is 1. The molecule has 1 aromatic rings. The number of carboxylic acid groups (broad SMARTS) is 1. The average molecular weight is 246 g/mol. The maximum absolute atomic E-state index is 13.7. The molecular weight excluding hydrogens is 235 g/mol. The van der Waals surface area contributed by atoms with Gasteiger partial charge in [-0.05, 0) is 19.1 Å². The van der Waals surface area contributed by atoms with E-state index in [4.69, 9.17) is 5.11 Å². The van der Waals surface area contributed by atoms with Gasteiger partial charge in [-0.1, -0.05) is 6.92 Å². The lowest BCUT2D eigenvalue weighted by Gasteiger charge is -2.07. The molecular formula is C10H11FO4S. The molecule has 0 radical (unpaired) electrons. The van der Waals surface area contributed by atoms with Gasteiger partial charge in [-0.3, -0.25) is 0 Å². The molecule has 0 aliphatic carbocycles. The first-order chi connectivity index (χ1) is 7.31. The first kappa shape index (κ1) is 12.6. The number of hydrogen-bond acceptors (Lipinski definition) is 3. The predicted octanol–water partition coefficient (Wildman–Crippen LogP) is 1.63. The van der Waals surface area contributed by atoms with Gasteiger partial charge in [0.05, 0.1) is 11.3 Å². The molecule has 0 amide bonds. The standard InChI is InChI=1S/C10H11FO4S/c1-3-16(14,15)8-5-4-7(10(12)13)6(2)9(8)11/h4-5H,3H2,1-2H3,(H,12,13). The molecule has 1 aromatic carbocycles. The van der Waals surface area contributed by atoms with E-state index in [-0.39, 0.29) is 16.9 Å². The van der Waals surface area contributed by atoms with E-state index in [1.807, 2.05) is 0 Å². The Morgan fingerprint density at radius 3 is 2.44 bits per heavy atom. The van der Waals surface area contributed by atoms with Gasteiger partial charge in [0.25, 0.3) is 0 Å². The molecule has 0 saturated carbocycles. The first-order valence-corrected chi connectivity index (χ1v) is 6.21. The summed E-state index contributed by atoms with van der Waals surface area (Å²) < 4.78 is 36.6. The Labute approximate surface area is 92.6 Å². The highest BCUT2D eigenvalue weighted by atomic mass is 32.2. The van der Waals surface area contributed by atoms with E-state index >= 15 is 0 Å². The maximum atomic E-state index is 13.7. The minimum atomic E-state index is -3.66. The van der Waals surface area contributed by atoms with Crippen LogP contribution in [0.3, 0.4) is 0 Å². The Morgan fingerprint density at radius 1 is 1.44 bits per heavy atom. The van der Waals surface area contributed by atoms with Crippen molar-refractivity contribution in [3.8, 4) is 0 Å². The second kappa shape index (κ2) is 4.21. The topological polar surface area (TPSA) is 71.4 Å². The van der Waals surface area contributed by atoms with Crippen molar-refractivity contribution in [2.45, 2.75) is 18.7 Å². The molecule has 6 heteroatoms. The minimum Gasteiger partial charge on any atom is -0.478 e. The van der Waals surface area contributed by atoms with Crippen molar-refractivity contribution < 1.29 is 22.7 Å². The van der Waals surface area contributed by atoms with Crippen LogP contribution in [-0.4, -0.2) is 25.2 Å². The van der Waals surface area contributed by atoms with Crippen LogP contribution in [0.4, 0.5) is 4.39 Å².